The Labute approximate surface area is 112 Å². The fourth-order valence-electron chi connectivity index (χ4n) is 1.47. The van der Waals surface area contributed by atoms with Crippen molar-refractivity contribution in [1.82, 2.24) is 0 Å². The molecule has 1 aromatic heterocycles. The van der Waals surface area contributed by atoms with Gasteiger partial charge in [0.2, 0.25) is 0 Å². The zero-order valence-electron chi connectivity index (χ0n) is 9.24. The quantitative estimate of drug-likeness (QED) is 0.846. The highest BCUT2D eigenvalue weighted by Crippen LogP contribution is 2.22. The van der Waals surface area contributed by atoms with Crippen molar-refractivity contribution in [3.05, 3.63) is 51.7 Å². The first-order chi connectivity index (χ1) is 8.59. The summed E-state index contributed by atoms with van der Waals surface area (Å²) in [5, 5.41) is 4.75. The minimum atomic E-state index is -1.02. The van der Waals surface area contributed by atoms with Crippen LogP contribution in [-0.4, -0.2) is 4.99 Å². The summed E-state index contributed by atoms with van der Waals surface area (Å²) in [5.41, 5.74) is 5.31. The maximum Gasteiger partial charge on any atom is 0.182 e. The highest BCUT2D eigenvalue weighted by atomic mass is 32.1. The molecule has 0 unspecified atom stereocenters. The van der Waals surface area contributed by atoms with Crippen LogP contribution in [0.2, 0.25) is 0 Å². The molecular formula is C12H10F2N2S2. The van der Waals surface area contributed by atoms with E-state index in [0.29, 0.717) is 6.54 Å². The van der Waals surface area contributed by atoms with Gasteiger partial charge in [0.15, 0.2) is 11.6 Å². The highest BCUT2D eigenvalue weighted by Gasteiger charge is 2.14. The Morgan fingerprint density at radius 3 is 2.67 bits per heavy atom. The smallest absolute Gasteiger partial charge is 0.182 e. The van der Waals surface area contributed by atoms with Gasteiger partial charge in [-0.05, 0) is 23.6 Å². The van der Waals surface area contributed by atoms with Crippen molar-refractivity contribution in [2.24, 2.45) is 5.73 Å². The summed E-state index contributed by atoms with van der Waals surface area (Å²) < 4.78 is 27.3. The first-order valence-electron chi connectivity index (χ1n) is 5.13. The van der Waals surface area contributed by atoms with Gasteiger partial charge >= 0.3 is 0 Å². The summed E-state index contributed by atoms with van der Waals surface area (Å²) in [6.45, 7) is 0.445. The molecule has 2 aromatic rings. The molecule has 0 atom stereocenters. The molecule has 1 heterocycles. The molecule has 0 aliphatic heterocycles. The third-order valence-corrected chi connectivity index (χ3v) is 3.48. The van der Waals surface area contributed by atoms with Crippen LogP contribution in [0.3, 0.4) is 0 Å². The lowest BCUT2D eigenvalue weighted by Gasteiger charge is -2.09. The topological polar surface area (TPSA) is 38.0 Å². The molecule has 0 fully saturated rings. The Morgan fingerprint density at radius 2 is 2.06 bits per heavy atom. The van der Waals surface area contributed by atoms with Gasteiger partial charge < -0.3 is 11.1 Å². The Morgan fingerprint density at radius 1 is 1.28 bits per heavy atom. The number of nitrogens with one attached hydrogen (secondary N) is 1. The molecule has 3 N–H and O–H groups in total. The second kappa shape index (κ2) is 5.41. The number of anilines is 1. The zero-order valence-corrected chi connectivity index (χ0v) is 10.9. The van der Waals surface area contributed by atoms with Crippen molar-refractivity contribution in [1.29, 1.82) is 0 Å². The average molecular weight is 284 g/mol. The molecule has 2 rings (SSSR count). The van der Waals surface area contributed by atoms with E-state index in [2.05, 4.69) is 17.5 Å². The first kappa shape index (κ1) is 12.9. The molecule has 0 saturated heterocycles. The van der Waals surface area contributed by atoms with Crippen LogP contribution in [0.25, 0.3) is 0 Å². The Balaban J connectivity index is 2.19. The van der Waals surface area contributed by atoms with Crippen LogP contribution in [0.5, 0.6) is 0 Å². The summed E-state index contributed by atoms with van der Waals surface area (Å²) in [6, 6.07) is 6.61. The number of thiophene rings is 1. The molecule has 18 heavy (non-hydrogen) atoms. The van der Waals surface area contributed by atoms with E-state index < -0.39 is 11.6 Å². The van der Waals surface area contributed by atoms with Gasteiger partial charge in [-0.3, -0.25) is 0 Å². The van der Waals surface area contributed by atoms with Crippen molar-refractivity contribution >= 4 is 34.2 Å². The minimum absolute atomic E-state index is 0.0795. The fraction of sp³-hybridized carbons (Fsp3) is 0.0833. The maximum absolute atomic E-state index is 13.7. The third-order valence-electron chi connectivity index (χ3n) is 2.38. The second-order valence-corrected chi connectivity index (χ2v) is 5.06. The number of nitrogens with two attached hydrogens (primary N) is 1. The van der Waals surface area contributed by atoms with Crippen LogP contribution < -0.4 is 11.1 Å². The molecule has 0 bridgehead atoms. The number of halogens is 2. The molecule has 0 aliphatic rings. The summed E-state index contributed by atoms with van der Waals surface area (Å²) >= 11 is 6.18. The predicted molar refractivity (Wildman–Crippen MR) is 73.9 cm³/mol. The number of benzene rings is 1. The van der Waals surface area contributed by atoms with Gasteiger partial charge in [-0.15, -0.1) is 11.3 Å². The summed E-state index contributed by atoms with van der Waals surface area (Å²) in [7, 11) is 0. The molecule has 0 saturated carbocycles. The van der Waals surface area contributed by atoms with Crippen molar-refractivity contribution in [3.63, 3.8) is 0 Å². The normalized spacial score (nSPS) is 10.3. The van der Waals surface area contributed by atoms with Gasteiger partial charge in [0, 0.05) is 17.0 Å². The van der Waals surface area contributed by atoms with E-state index in [1.54, 1.807) is 11.3 Å². The Kier molecular flexibility index (Phi) is 3.88. The first-order valence-corrected chi connectivity index (χ1v) is 6.42. The van der Waals surface area contributed by atoms with Crippen molar-refractivity contribution in [2.45, 2.75) is 6.54 Å². The van der Waals surface area contributed by atoms with Crippen LogP contribution in [0, 0.1) is 11.6 Å². The minimum Gasteiger partial charge on any atom is -0.389 e. The molecule has 94 valence electrons. The van der Waals surface area contributed by atoms with Crippen LogP contribution >= 0.6 is 23.6 Å². The number of thiocarbonyl (C=S) groups is 1. The molecule has 0 aliphatic carbocycles. The van der Waals surface area contributed by atoms with Gasteiger partial charge in [-0.1, -0.05) is 18.3 Å². The number of hydrogen-bond acceptors (Lipinski definition) is 3. The van der Waals surface area contributed by atoms with E-state index in [1.165, 1.54) is 12.1 Å². The summed E-state index contributed by atoms with van der Waals surface area (Å²) in [4.78, 5) is 0.879. The molecule has 0 amide bonds. The lowest BCUT2D eigenvalue weighted by molar-refractivity contribution is 0.509. The van der Waals surface area contributed by atoms with E-state index >= 15 is 0 Å². The largest absolute Gasteiger partial charge is 0.389 e. The highest BCUT2D eigenvalue weighted by molar-refractivity contribution is 7.80. The van der Waals surface area contributed by atoms with Crippen LogP contribution in [0.1, 0.15) is 10.4 Å². The molecule has 0 spiro atoms. The monoisotopic (exact) mass is 284 g/mol. The maximum atomic E-state index is 13.7. The van der Waals surface area contributed by atoms with Crippen molar-refractivity contribution < 1.29 is 8.78 Å². The van der Waals surface area contributed by atoms with Crippen LogP contribution in [0.15, 0.2) is 29.6 Å². The van der Waals surface area contributed by atoms with Crippen molar-refractivity contribution in [2.75, 3.05) is 5.32 Å². The lowest BCUT2D eigenvalue weighted by Crippen LogP contribution is -2.13. The van der Waals surface area contributed by atoms with Gasteiger partial charge in [-0.25, -0.2) is 8.78 Å². The van der Waals surface area contributed by atoms with E-state index in [-0.39, 0.29) is 16.2 Å². The molecule has 2 nitrogen and oxygen atoms in total. The SMILES string of the molecule is NC(=S)c1ccc(NCc2cccs2)c(F)c1F. The van der Waals surface area contributed by atoms with E-state index in [4.69, 9.17) is 5.73 Å². The second-order valence-electron chi connectivity index (χ2n) is 3.59. The van der Waals surface area contributed by atoms with E-state index in [9.17, 15) is 8.78 Å². The third kappa shape index (κ3) is 2.65. The summed E-state index contributed by atoms with van der Waals surface area (Å²) in [6.07, 6.45) is 0. The van der Waals surface area contributed by atoms with Gasteiger partial charge in [0.05, 0.1) is 5.69 Å². The van der Waals surface area contributed by atoms with E-state index in [1.807, 2.05) is 17.5 Å². The predicted octanol–water partition coefficient (Wildman–Crippen LogP) is 3.27. The van der Waals surface area contributed by atoms with Gasteiger partial charge in [-0.2, -0.15) is 0 Å². The van der Waals surface area contributed by atoms with Crippen LogP contribution in [0.4, 0.5) is 14.5 Å². The van der Waals surface area contributed by atoms with Crippen LogP contribution in [-0.2, 0) is 6.54 Å². The summed E-state index contributed by atoms with van der Waals surface area (Å²) in [5.74, 6) is -1.98. The van der Waals surface area contributed by atoms with Crippen molar-refractivity contribution in [3.8, 4) is 0 Å². The fourth-order valence-corrected chi connectivity index (χ4v) is 2.27. The molecular weight excluding hydrogens is 274 g/mol. The number of hydrogen-bond donors (Lipinski definition) is 2. The van der Waals surface area contributed by atoms with Gasteiger partial charge in [0.1, 0.15) is 4.99 Å². The van der Waals surface area contributed by atoms with E-state index in [0.717, 1.165) is 4.88 Å². The Bertz CT molecular complexity index is 568. The lowest BCUT2D eigenvalue weighted by atomic mass is 10.2. The number of rotatable bonds is 4. The molecule has 1 aromatic carbocycles. The average Bonchev–Trinajstić information content (AvgIpc) is 2.83. The Hall–Kier alpha value is -1.53. The molecule has 6 heteroatoms. The standard InChI is InChI=1S/C12H10F2N2S2/c13-10-8(12(15)17)3-4-9(11(10)14)16-6-7-2-1-5-18-7/h1-5,16H,6H2,(H2,15,17). The molecule has 0 radical (unpaired) electrons. The zero-order chi connectivity index (χ0) is 13.1. The van der Waals surface area contributed by atoms with Gasteiger partial charge in [0.25, 0.3) is 0 Å².